The molecule has 0 unspecified atom stereocenters. The van der Waals surface area contributed by atoms with Crippen LogP contribution in [0.5, 0.6) is 0 Å². The van der Waals surface area contributed by atoms with Gasteiger partial charge in [-0.25, -0.2) is 0 Å². The van der Waals surface area contributed by atoms with Gasteiger partial charge in [0.15, 0.2) is 0 Å². The summed E-state index contributed by atoms with van der Waals surface area (Å²) >= 11 is 0. The molecule has 0 atom stereocenters. The van der Waals surface area contributed by atoms with Gasteiger partial charge in [-0.2, -0.15) is 0 Å². The van der Waals surface area contributed by atoms with Crippen LogP contribution in [0.1, 0.15) is 16.7 Å². The van der Waals surface area contributed by atoms with E-state index in [2.05, 4.69) is 43.4 Å². The third kappa shape index (κ3) is 2.17. The quantitative estimate of drug-likeness (QED) is 0.687. The molecule has 1 aromatic carbocycles. The molecule has 76 valence electrons. The molecule has 0 amide bonds. The fourth-order valence-electron chi connectivity index (χ4n) is 2.08. The fraction of sp³-hybridized carbons (Fsp3) is 0.455. The van der Waals surface area contributed by atoms with E-state index < -0.39 is 0 Å². The second-order valence-corrected chi connectivity index (χ2v) is 3.82. The van der Waals surface area contributed by atoms with E-state index in [1.165, 1.54) is 22.2 Å². The first-order valence-electron chi connectivity index (χ1n) is 5.02. The normalized spacial score (nSPS) is 10.4. The van der Waals surface area contributed by atoms with Crippen LogP contribution in [-0.4, -0.2) is 21.1 Å². The summed E-state index contributed by atoms with van der Waals surface area (Å²) < 4.78 is 0. The van der Waals surface area contributed by atoms with Crippen molar-refractivity contribution in [3.05, 3.63) is 28.8 Å². The van der Waals surface area contributed by atoms with Crippen LogP contribution in [0.3, 0.4) is 0 Å². The van der Waals surface area contributed by atoms with Gasteiger partial charge in [-0.05, 0) is 40.3 Å². The molecular weight excluding hydrogens is 171 g/mol. The predicted octanol–water partition coefficient (Wildman–Crippen LogP) is 0.746. The van der Waals surface area contributed by atoms with E-state index in [0.717, 1.165) is 0 Å². The molecule has 0 aliphatic rings. The van der Waals surface area contributed by atoms with Crippen LogP contribution in [0.25, 0.3) is 0 Å². The van der Waals surface area contributed by atoms with Gasteiger partial charge in [0.05, 0.1) is 0 Å². The number of rotatable bonds is 3. The van der Waals surface area contributed by atoms with E-state index in [0.29, 0.717) is 0 Å². The molecule has 0 aliphatic heterocycles. The molecule has 0 aliphatic carbocycles. The summed E-state index contributed by atoms with van der Waals surface area (Å²) in [7, 11) is 3.94. The van der Waals surface area contributed by atoms with Crippen molar-refractivity contribution < 1.29 is 0 Å². The Morgan fingerprint density at radius 3 is 1.71 bits per heavy atom. The number of nitrogens with one attached hydrogen (secondary N) is 2. The maximum absolute atomic E-state index is 3.26. The molecule has 0 heterocycles. The Hall–Kier alpha value is -0.795. The van der Waals surface area contributed by atoms with Crippen LogP contribution in [0.15, 0.2) is 12.1 Å². The first kappa shape index (κ1) is 11.3. The van der Waals surface area contributed by atoms with Gasteiger partial charge in [0.2, 0.25) is 0 Å². The molecule has 1 aromatic rings. The third-order valence-corrected chi connectivity index (χ3v) is 2.60. The van der Waals surface area contributed by atoms with Gasteiger partial charge >= 0.3 is 6.98 Å². The number of benzene rings is 1. The Balaban J connectivity index is 3.19. The van der Waals surface area contributed by atoms with Gasteiger partial charge in [-0.1, -0.05) is 28.8 Å². The minimum atomic E-state index is 0.246. The monoisotopic (exact) mass is 190 g/mol. The van der Waals surface area contributed by atoms with Crippen molar-refractivity contribution >= 4 is 12.4 Å². The summed E-state index contributed by atoms with van der Waals surface area (Å²) in [6.45, 7) is 6.71. The standard InChI is InChI=1S/C11H19BN2/c1-8-6-9(2)11(10(3)7-8)12(13-4)14-5/h6-7,13-14H,1-5H3. The Morgan fingerprint density at radius 2 is 1.36 bits per heavy atom. The lowest BCUT2D eigenvalue weighted by atomic mass is 9.64. The molecule has 0 bridgehead atoms. The van der Waals surface area contributed by atoms with Gasteiger partial charge in [-0.3, -0.25) is 0 Å². The van der Waals surface area contributed by atoms with Crippen LogP contribution in [-0.2, 0) is 0 Å². The van der Waals surface area contributed by atoms with Crippen molar-refractivity contribution in [2.75, 3.05) is 14.1 Å². The Bertz CT molecular complexity index is 296. The highest BCUT2D eigenvalue weighted by atomic mass is 14.9. The lowest BCUT2D eigenvalue weighted by Crippen LogP contribution is -2.55. The molecule has 0 saturated carbocycles. The van der Waals surface area contributed by atoms with Crippen molar-refractivity contribution in [3.8, 4) is 0 Å². The number of hydrogen-bond acceptors (Lipinski definition) is 2. The molecule has 0 fully saturated rings. The summed E-state index contributed by atoms with van der Waals surface area (Å²) in [5, 5.41) is 6.52. The van der Waals surface area contributed by atoms with Crippen LogP contribution in [0.4, 0.5) is 0 Å². The van der Waals surface area contributed by atoms with Crippen LogP contribution >= 0.6 is 0 Å². The van der Waals surface area contributed by atoms with Gasteiger partial charge in [0.1, 0.15) is 0 Å². The van der Waals surface area contributed by atoms with Crippen molar-refractivity contribution in [2.24, 2.45) is 0 Å². The summed E-state index contributed by atoms with van der Waals surface area (Å²) in [5.74, 6) is 0. The van der Waals surface area contributed by atoms with Crippen LogP contribution in [0, 0.1) is 20.8 Å². The van der Waals surface area contributed by atoms with Crippen molar-refractivity contribution in [1.82, 2.24) is 10.5 Å². The molecule has 0 spiro atoms. The highest BCUT2D eigenvalue weighted by molar-refractivity contribution is 6.69. The van der Waals surface area contributed by atoms with E-state index in [1.807, 2.05) is 14.1 Å². The van der Waals surface area contributed by atoms with Crippen LogP contribution in [0.2, 0.25) is 0 Å². The van der Waals surface area contributed by atoms with Crippen LogP contribution < -0.4 is 15.9 Å². The minimum Gasteiger partial charge on any atom is -0.341 e. The lowest BCUT2D eigenvalue weighted by Gasteiger charge is -2.17. The third-order valence-electron chi connectivity index (χ3n) is 2.60. The van der Waals surface area contributed by atoms with E-state index in [4.69, 9.17) is 0 Å². The topological polar surface area (TPSA) is 24.1 Å². The number of aryl methyl sites for hydroxylation is 3. The van der Waals surface area contributed by atoms with Crippen molar-refractivity contribution in [1.29, 1.82) is 0 Å². The lowest BCUT2D eigenvalue weighted by molar-refractivity contribution is 1.09. The summed E-state index contributed by atoms with van der Waals surface area (Å²) in [5.41, 5.74) is 5.38. The highest BCUT2D eigenvalue weighted by Gasteiger charge is 2.17. The Labute approximate surface area is 87.2 Å². The van der Waals surface area contributed by atoms with Gasteiger partial charge < -0.3 is 10.5 Å². The maximum atomic E-state index is 3.26. The van der Waals surface area contributed by atoms with E-state index in [-0.39, 0.29) is 6.98 Å². The molecule has 0 aromatic heterocycles. The summed E-state index contributed by atoms with van der Waals surface area (Å²) in [6, 6.07) is 4.45. The smallest absolute Gasteiger partial charge is 0.340 e. The first-order valence-corrected chi connectivity index (χ1v) is 5.02. The van der Waals surface area contributed by atoms with E-state index in [1.54, 1.807) is 0 Å². The minimum absolute atomic E-state index is 0.246. The zero-order valence-electron chi connectivity index (χ0n) is 9.73. The maximum Gasteiger partial charge on any atom is 0.340 e. The highest BCUT2D eigenvalue weighted by Crippen LogP contribution is 2.05. The van der Waals surface area contributed by atoms with Crippen molar-refractivity contribution in [3.63, 3.8) is 0 Å². The fourth-order valence-corrected chi connectivity index (χ4v) is 2.08. The average molecular weight is 190 g/mol. The summed E-state index contributed by atoms with van der Waals surface area (Å²) in [6.07, 6.45) is 0. The average Bonchev–Trinajstić information content (AvgIpc) is 2.10. The zero-order chi connectivity index (χ0) is 10.7. The van der Waals surface area contributed by atoms with Crippen molar-refractivity contribution in [2.45, 2.75) is 20.8 Å². The van der Waals surface area contributed by atoms with Gasteiger partial charge in [0.25, 0.3) is 0 Å². The number of hydrogen-bond donors (Lipinski definition) is 2. The van der Waals surface area contributed by atoms with E-state index in [9.17, 15) is 0 Å². The van der Waals surface area contributed by atoms with Gasteiger partial charge in [0, 0.05) is 0 Å². The SMILES string of the molecule is CNB(NC)c1c(C)cc(C)cc1C. The molecule has 14 heavy (non-hydrogen) atoms. The van der Waals surface area contributed by atoms with Gasteiger partial charge in [-0.15, -0.1) is 0 Å². The molecule has 2 nitrogen and oxygen atoms in total. The first-order chi connectivity index (χ1) is 6.60. The Kier molecular flexibility index (Phi) is 3.73. The molecule has 0 saturated heterocycles. The zero-order valence-corrected chi connectivity index (χ0v) is 9.73. The van der Waals surface area contributed by atoms with E-state index >= 15 is 0 Å². The molecule has 3 heteroatoms. The predicted molar refractivity (Wildman–Crippen MR) is 64.2 cm³/mol. The molecular formula is C11H19BN2. The largest absolute Gasteiger partial charge is 0.341 e. The summed E-state index contributed by atoms with van der Waals surface area (Å²) in [4.78, 5) is 0. The second kappa shape index (κ2) is 4.62. The Morgan fingerprint density at radius 1 is 0.929 bits per heavy atom. The molecule has 0 radical (unpaired) electrons. The molecule has 2 N–H and O–H groups in total. The molecule has 1 rings (SSSR count). The second-order valence-electron chi connectivity index (χ2n) is 3.82.